The number of nitrogens with one attached hydrogen (secondary N) is 2. The highest BCUT2D eigenvalue weighted by Crippen LogP contribution is 2.20. The summed E-state index contributed by atoms with van der Waals surface area (Å²) in [5.74, 6) is 0.0540. The maximum absolute atomic E-state index is 11.0. The molecule has 1 fully saturated rings. The molecule has 2 N–H and O–H groups in total. The number of carbonyl (C=O) groups is 1. The van der Waals surface area contributed by atoms with E-state index in [1.165, 1.54) is 25.7 Å². The van der Waals surface area contributed by atoms with Gasteiger partial charge >= 0.3 is 0 Å². The van der Waals surface area contributed by atoms with E-state index in [2.05, 4.69) is 10.6 Å². The second-order valence-electron chi connectivity index (χ2n) is 3.91. The quantitative estimate of drug-likeness (QED) is 0.612. The molecule has 15 heavy (non-hydrogen) atoms. The fourth-order valence-electron chi connectivity index (χ4n) is 1.81. The summed E-state index contributed by atoms with van der Waals surface area (Å²) in [4.78, 5) is 11.0. The van der Waals surface area contributed by atoms with Crippen LogP contribution in [0.2, 0.25) is 0 Å². The van der Waals surface area contributed by atoms with E-state index in [9.17, 15) is 4.79 Å². The molecule has 1 saturated carbocycles. The molecule has 1 amide bonds. The fourth-order valence-corrected chi connectivity index (χ4v) is 1.81. The molecular formula is C11H22N2O2. The molecule has 1 aliphatic rings. The van der Waals surface area contributed by atoms with Crippen LogP contribution in [0.4, 0.5) is 0 Å². The van der Waals surface area contributed by atoms with Crippen LogP contribution < -0.4 is 10.6 Å². The summed E-state index contributed by atoms with van der Waals surface area (Å²) in [5.41, 5.74) is 0. The zero-order chi connectivity index (χ0) is 10.9. The lowest BCUT2D eigenvalue weighted by molar-refractivity contribution is -0.120. The number of hydrogen-bond donors (Lipinski definition) is 2. The maximum Gasteiger partial charge on any atom is 0.233 e. The van der Waals surface area contributed by atoms with Crippen LogP contribution >= 0.6 is 0 Å². The first kappa shape index (κ1) is 12.5. The number of hydrogen-bond acceptors (Lipinski definition) is 3. The van der Waals surface area contributed by atoms with Gasteiger partial charge in [-0.25, -0.2) is 0 Å². The minimum Gasteiger partial charge on any atom is -0.377 e. The van der Waals surface area contributed by atoms with Crippen molar-refractivity contribution in [1.82, 2.24) is 10.6 Å². The lowest BCUT2D eigenvalue weighted by Gasteiger charge is -2.11. The minimum absolute atomic E-state index is 0.0540. The molecule has 0 aliphatic heterocycles. The van der Waals surface area contributed by atoms with E-state index in [-0.39, 0.29) is 5.91 Å². The van der Waals surface area contributed by atoms with Crippen molar-refractivity contribution < 1.29 is 9.53 Å². The normalized spacial score (nSPS) is 16.9. The molecule has 4 heteroatoms. The van der Waals surface area contributed by atoms with Crippen molar-refractivity contribution in [3.05, 3.63) is 0 Å². The Balaban J connectivity index is 1.86. The van der Waals surface area contributed by atoms with Crippen molar-refractivity contribution in [2.45, 2.75) is 38.7 Å². The first-order chi connectivity index (χ1) is 7.33. The third-order valence-corrected chi connectivity index (χ3v) is 2.59. The van der Waals surface area contributed by atoms with Crippen molar-refractivity contribution in [2.24, 2.45) is 0 Å². The predicted octanol–water partition coefficient (Wildman–Crippen LogP) is 0.671. The van der Waals surface area contributed by atoms with Crippen LogP contribution in [0.3, 0.4) is 0 Å². The third-order valence-electron chi connectivity index (χ3n) is 2.59. The molecule has 0 unspecified atom stereocenters. The van der Waals surface area contributed by atoms with Crippen LogP contribution in [-0.4, -0.2) is 38.3 Å². The van der Waals surface area contributed by atoms with Gasteiger partial charge in [0.2, 0.25) is 5.91 Å². The van der Waals surface area contributed by atoms with Crippen molar-refractivity contribution >= 4 is 5.91 Å². The molecule has 0 aromatic rings. The van der Waals surface area contributed by atoms with Gasteiger partial charge in [-0.3, -0.25) is 4.79 Å². The first-order valence-corrected chi connectivity index (χ1v) is 5.92. The number of likely N-dealkylation sites (N-methyl/N-ethyl adjacent to an activating group) is 1. The molecule has 4 nitrogen and oxygen atoms in total. The van der Waals surface area contributed by atoms with Gasteiger partial charge in [0.25, 0.3) is 0 Å². The Morgan fingerprint density at radius 1 is 1.40 bits per heavy atom. The molecule has 0 heterocycles. The van der Waals surface area contributed by atoms with Crippen molar-refractivity contribution in [2.75, 3.05) is 26.2 Å². The van der Waals surface area contributed by atoms with Crippen molar-refractivity contribution in [3.8, 4) is 0 Å². The summed E-state index contributed by atoms with van der Waals surface area (Å²) in [7, 11) is 0. The predicted molar refractivity (Wildman–Crippen MR) is 59.8 cm³/mol. The molecule has 1 rings (SSSR count). The summed E-state index contributed by atoms with van der Waals surface area (Å²) < 4.78 is 5.65. The molecule has 0 radical (unpaired) electrons. The zero-order valence-electron chi connectivity index (χ0n) is 9.55. The van der Waals surface area contributed by atoms with Gasteiger partial charge in [0.05, 0.1) is 19.3 Å². The second-order valence-corrected chi connectivity index (χ2v) is 3.91. The topological polar surface area (TPSA) is 50.4 Å². The van der Waals surface area contributed by atoms with Crippen LogP contribution in [0.15, 0.2) is 0 Å². The molecule has 0 saturated heterocycles. The van der Waals surface area contributed by atoms with Gasteiger partial charge in [0, 0.05) is 13.1 Å². The average Bonchev–Trinajstić information content (AvgIpc) is 2.70. The molecule has 88 valence electrons. The Labute approximate surface area is 91.8 Å². The Kier molecular flexibility index (Phi) is 6.36. The van der Waals surface area contributed by atoms with Gasteiger partial charge in [-0.05, 0) is 19.8 Å². The van der Waals surface area contributed by atoms with E-state index in [4.69, 9.17) is 4.74 Å². The van der Waals surface area contributed by atoms with Crippen LogP contribution in [0.1, 0.15) is 32.6 Å². The summed E-state index contributed by atoms with van der Waals surface area (Å²) >= 11 is 0. The molecule has 0 aromatic carbocycles. The Morgan fingerprint density at radius 2 is 2.13 bits per heavy atom. The van der Waals surface area contributed by atoms with E-state index in [1.807, 2.05) is 6.92 Å². The number of amides is 1. The Bertz CT molecular complexity index is 179. The minimum atomic E-state index is 0.0540. The van der Waals surface area contributed by atoms with Crippen LogP contribution in [0, 0.1) is 0 Å². The molecular weight excluding hydrogens is 192 g/mol. The lowest BCUT2D eigenvalue weighted by Crippen LogP contribution is -2.35. The smallest absolute Gasteiger partial charge is 0.233 e. The highest BCUT2D eigenvalue weighted by Gasteiger charge is 2.14. The number of ether oxygens (including phenoxy) is 1. The maximum atomic E-state index is 11.0. The van der Waals surface area contributed by atoms with E-state index < -0.39 is 0 Å². The van der Waals surface area contributed by atoms with Crippen LogP contribution in [0.5, 0.6) is 0 Å². The molecule has 1 aliphatic carbocycles. The van der Waals surface area contributed by atoms with E-state index >= 15 is 0 Å². The van der Waals surface area contributed by atoms with E-state index in [1.54, 1.807) is 0 Å². The molecule has 0 aromatic heterocycles. The van der Waals surface area contributed by atoms with Crippen LogP contribution in [-0.2, 0) is 9.53 Å². The van der Waals surface area contributed by atoms with Gasteiger partial charge in [-0.2, -0.15) is 0 Å². The second kappa shape index (κ2) is 7.65. The van der Waals surface area contributed by atoms with Gasteiger partial charge < -0.3 is 15.4 Å². The summed E-state index contributed by atoms with van der Waals surface area (Å²) in [6.07, 6.45) is 5.48. The highest BCUT2D eigenvalue weighted by molar-refractivity contribution is 5.77. The lowest BCUT2D eigenvalue weighted by atomic mass is 10.3. The monoisotopic (exact) mass is 214 g/mol. The van der Waals surface area contributed by atoms with Crippen molar-refractivity contribution in [1.29, 1.82) is 0 Å². The van der Waals surface area contributed by atoms with E-state index in [0.717, 1.165) is 6.54 Å². The SMILES string of the molecule is CCNC(=O)CNCCOC1CCCC1. The summed E-state index contributed by atoms with van der Waals surface area (Å²) in [6, 6.07) is 0. The number of carbonyl (C=O) groups excluding carboxylic acids is 1. The van der Waals surface area contributed by atoms with Gasteiger partial charge in [0.15, 0.2) is 0 Å². The zero-order valence-corrected chi connectivity index (χ0v) is 9.55. The van der Waals surface area contributed by atoms with Gasteiger partial charge in [0.1, 0.15) is 0 Å². The Hall–Kier alpha value is -0.610. The van der Waals surface area contributed by atoms with Gasteiger partial charge in [-0.15, -0.1) is 0 Å². The fraction of sp³-hybridized carbons (Fsp3) is 0.909. The van der Waals surface area contributed by atoms with E-state index in [0.29, 0.717) is 25.8 Å². The van der Waals surface area contributed by atoms with Crippen molar-refractivity contribution in [3.63, 3.8) is 0 Å². The summed E-state index contributed by atoms with van der Waals surface area (Å²) in [6.45, 7) is 4.47. The average molecular weight is 214 g/mol. The third kappa shape index (κ3) is 5.74. The standard InChI is InChI=1S/C11H22N2O2/c1-2-13-11(14)9-12-7-8-15-10-5-3-4-6-10/h10,12H,2-9H2,1H3,(H,13,14). The first-order valence-electron chi connectivity index (χ1n) is 5.92. The Morgan fingerprint density at radius 3 is 2.80 bits per heavy atom. The summed E-state index contributed by atoms with van der Waals surface area (Å²) in [5, 5.41) is 5.79. The number of rotatable bonds is 7. The molecule has 0 bridgehead atoms. The molecule has 0 spiro atoms. The highest BCUT2D eigenvalue weighted by atomic mass is 16.5. The largest absolute Gasteiger partial charge is 0.377 e. The van der Waals surface area contributed by atoms with Crippen LogP contribution in [0.25, 0.3) is 0 Å². The van der Waals surface area contributed by atoms with Gasteiger partial charge in [-0.1, -0.05) is 12.8 Å². The molecule has 0 atom stereocenters.